The Bertz CT molecular complexity index is 528. The molecular formula is C10H18N2O3S2. The van der Waals surface area contributed by atoms with Crippen LogP contribution < -0.4 is 4.87 Å². The summed E-state index contributed by atoms with van der Waals surface area (Å²) in [5, 5.41) is 0. The number of aryl methyl sites for hydroxylation is 1. The highest BCUT2D eigenvalue weighted by molar-refractivity contribution is 7.91. The van der Waals surface area contributed by atoms with Gasteiger partial charge in [-0.1, -0.05) is 32.1 Å². The van der Waals surface area contributed by atoms with E-state index in [4.69, 9.17) is 0 Å². The summed E-state index contributed by atoms with van der Waals surface area (Å²) in [5.41, 5.74) is 0.419. The van der Waals surface area contributed by atoms with Crippen LogP contribution in [-0.2, 0) is 10.0 Å². The molecule has 0 saturated heterocycles. The van der Waals surface area contributed by atoms with Crippen molar-refractivity contribution in [2.45, 2.75) is 31.9 Å². The number of nitrogens with one attached hydrogen (secondary N) is 1. The molecule has 0 aromatic carbocycles. The predicted molar refractivity (Wildman–Crippen MR) is 68.9 cm³/mol. The first-order valence-corrected chi connectivity index (χ1v) is 7.74. The van der Waals surface area contributed by atoms with E-state index < -0.39 is 10.0 Å². The van der Waals surface area contributed by atoms with Crippen molar-refractivity contribution >= 4 is 21.4 Å². The highest BCUT2D eigenvalue weighted by atomic mass is 32.2. The van der Waals surface area contributed by atoms with Crippen LogP contribution in [0, 0.1) is 12.8 Å². The van der Waals surface area contributed by atoms with E-state index in [9.17, 15) is 13.2 Å². The molecule has 0 unspecified atom stereocenters. The van der Waals surface area contributed by atoms with E-state index in [0.29, 0.717) is 18.8 Å². The largest absolute Gasteiger partial charge is 0.315 e. The van der Waals surface area contributed by atoms with Gasteiger partial charge in [-0.2, -0.15) is 4.31 Å². The fraction of sp³-hybridized carbons (Fsp3) is 0.700. The first-order valence-electron chi connectivity index (χ1n) is 5.48. The van der Waals surface area contributed by atoms with Crippen LogP contribution in [0.4, 0.5) is 0 Å². The van der Waals surface area contributed by atoms with Crippen molar-refractivity contribution in [1.82, 2.24) is 9.29 Å². The maximum Gasteiger partial charge on any atom is 0.305 e. The second-order valence-corrected chi connectivity index (χ2v) is 7.39. The SMILES string of the molecule is CCN(CC(C)C)S(=O)(=O)c1sc(=O)[nH]c1C. The number of aromatic nitrogens is 1. The maximum absolute atomic E-state index is 12.3. The first kappa shape index (κ1) is 14.4. The molecule has 1 heterocycles. The molecule has 1 aromatic heterocycles. The van der Waals surface area contributed by atoms with Crippen molar-refractivity contribution in [2.24, 2.45) is 5.92 Å². The Kier molecular flexibility index (Phi) is 4.51. The van der Waals surface area contributed by atoms with Crippen molar-refractivity contribution in [2.75, 3.05) is 13.1 Å². The molecule has 0 bridgehead atoms. The number of sulfonamides is 1. The molecule has 0 fully saturated rings. The van der Waals surface area contributed by atoms with Gasteiger partial charge in [-0.25, -0.2) is 8.42 Å². The van der Waals surface area contributed by atoms with Crippen LogP contribution in [0.3, 0.4) is 0 Å². The topological polar surface area (TPSA) is 70.2 Å². The summed E-state index contributed by atoms with van der Waals surface area (Å²) in [6.07, 6.45) is 0. The molecule has 1 rings (SSSR count). The molecule has 1 N–H and O–H groups in total. The van der Waals surface area contributed by atoms with E-state index in [-0.39, 0.29) is 15.0 Å². The molecule has 0 aliphatic heterocycles. The van der Waals surface area contributed by atoms with Crippen molar-refractivity contribution in [3.63, 3.8) is 0 Å². The normalized spacial score (nSPS) is 12.6. The summed E-state index contributed by atoms with van der Waals surface area (Å²) in [6, 6.07) is 0. The Hall–Kier alpha value is -0.660. The van der Waals surface area contributed by atoms with E-state index in [1.807, 2.05) is 13.8 Å². The quantitative estimate of drug-likeness (QED) is 0.885. The maximum atomic E-state index is 12.3. The van der Waals surface area contributed by atoms with Crippen LogP contribution >= 0.6 is 11.3 Å². The molecule has 0 amide bonds. The summed E-state index contributed by atoms with van der Waals surface area (Å²) in [4.78, 5) is 13.3. The van der Waals surface area contributed by atoms with Gasteiger partial charge in [0.25, 0.3) is 10.0 Å². The molecule has 7 heteroatoms. The minimum atomic E-state index is -3.54. The molecule has 98 valence electrons. The third-order valence-corrected chi connectivity index (χ3v) is 5.80. The van der Waals surface area contributed by atoms with Gasteiger partial charge < -0.3 is 4.98 Å². The van der Waals surface area contributed by atoms with Gasteiger partial charge in [0.2, 0.25) is 0 Å². The van der Waals surface area contributed by atoms with Crippen molar-refractivity contribution in [3.05, 3.63) is 15.4 Å². The number of nitrogens with zero attached hydrogens (tertiary/aromatic N) is 1. The first-order chi connectivity index (χ1) is 7.78. The molecular weight excluding hydrogens is 260 g/mol. The van der Waals surface area contributed by atoms with Crippen molar-refractivity contribution < 1.29 is 8.42 Å². The Labute approximate surface area is 106 Å². The minimum Gasteiger partial charge on any atom is -0.315 e. The fourth-order valence-electron chi connectivity index (χ4n) is 1.56. The molecule has 0 saturated carbocycles. The zero-order chi connectivity index (χ0) is 13.2. The number of hydrogen-bond acceptors (Lipinski definition) is 4. The Morgan fingerprint density at radius 3 is 2.35 bits per heavy atom. The molecule has 17 heavy (non-hydrogen) atoms. The lowest BCUT2D eigenvalue weighted by Crippen LogP contribution is -2.33. The smallest absolute Gasteiger partial charge is 0.305 e. The number of H-pyrrole nitrogens is 1. The third-order valence-electron chi connectivity index (χ3n) is 2.28. The monoisotopic (exact) mass is 278 g/mol. The lowest BCUT2D eigenvalue weighted by molar-refractivity contribution is 0.381. The Morgan fingerprint density at radius 1 is 1.41 bits per heavy atom. The molecule has 0 aliphatic carbocycles. The van der Waals surface area contributed by atoms with E-state index in [1.165, 1.54) is 4.31 Å². The van der Waals surface area contributed by atoms with Gasteiger partial charge in [-0.3, -0.25) is 4.79 Å². The fourth-order valence-corrected chi connectivity index (χ4v) is 4.61. The van der Waals surface area contributed by atoms with Crippen LogP contribution in [0.15, 0.2) is 9.00 Å². The molecule has 0 aliphatic rings. The zero-order valence-electron chi connectivity index (χ0n) is 10.5. The van der Waals surface area contributed by atoms with Gasteiger partial charge in [0.05, 0.1) is 0 Å². The van der Waals surface area contributed by atoms with Gasteiger partial charge in [0.15, 0.2) is 4.21 Å². The van der Waals surface area contributed by atoms with Crippen molar-refractivity contribution in [3.8, 4) is 0 Å². The van der Waals surface area contributed by atoms with E-state index in [0.717, 1.165) is 11.3 Å². The van der Waals surface area contributed by atoms with Crippen LogP contribution in [0.25, 0.3) is 0 Å². The average molecular weight is 278 g/mol. The Morgan fingerprint density at radius 2 is 2.00 bits per heavy atom. The number of rotatable bonds is 5. The van der Waals surface area contributed by atoms with E-state index in [1.54, 1.807) is 13.8 Å². The van der Waals surface area contributed by atoms with E-state index >= 15 is 0 Å². The number of hydrogen-bond donors (Lipinski definition) is 1. The van der Waals surface area contributed by atoms with Crippen LogP contribution in [0.1, 0.15) is 26.5 Å². The van der Waals surface area contributed by atoms with Gasteiger partial charge in [-0.15, -0.1) is 0 Å². The highest BCUT2D eigenvalue weighted by Crippen LogP contribution is 2.21. The zero-order valence-corrected chi connectivity index (χ0v) is 12.1. The average Bonchev–Trinajstić information content (AvgIpc) is 2.54. The van der Waals surface area contributed by atoms with Gasteiger partial charge in [0, 0.05) is 18.8 Å². The van der Waals surface area contributed by atoms with Crippen LogP contribution in [-0.4, -0.2) is 30.8 Å². The molecule has 0 radical (unpaired) electrons. The Balaban J connectivity index is 3.17. The second-order valence-electron chi connectivity index (χ2n) is 4.28. The van der Waals surface area contributed by atoms with Crippen molar-refractivity contribution in [1.29, 1.82) is 0 Å². The summed E-state index contributed by atoms with van der Waals surface area (Å²) < 4.78 is 26.2. The molecule has 0 atom stereocenters. The molecule has 5 nitrogen and oxygen atoms in total. The second kappa shape index (κ2) is 5.32. The van der Waals surface area contributed by atoms with Gasteiger partial charge >= 0.3 is 4.87 Å². The summed E-state index contributed by atoms with van der Waals surface area (Å²) in [7, 11) is -3.54. The van der Waals surface area contributed by atoms with E-state index in [2.05, 4.69) is 4.98 Å². The summed E-state index contributed by atoms with van der Waals surface area (Å²) >= 11 is 0.751. The standard InChI is InChI=1S/C10H18N2O3S2/c1-5-12(6-7(2)3)17(14,15)9-8(4)11-10(13)16-9/h7H,5-6H2,1-4H3,(H,11,13). The summed E-state index contributed by atoms with van der Waals surface area (Å²) in [5.74, 6) is 0.251. The number of thiazole rings is 1. The summed E-state index contributed by atoms with van der Waals surface area (Å²) in [6.45, 7) is 8.20. The molecule has 0 spiro atoms. The predicted octanol–water partition coefficient (Wildman–Crippen LogP) is 1.41. The lowest BCUT2D eigenvalue weighted by atomic mass is 10.2. The highest BCUT2D eigenvalue weighted by Gasteiger charge is 2.27. The minimum absolute atomic E-state index is 0.130. The lowest BCUT2D eigenvalue weighted by Gasteiger charge is -2.21. The number of aromatic amines is 1. The van der Waals surface area contributed by atoms with Crippen LogP contribution in [0.5, 0.6) is 0 Å². The van der Waals surface area contributed by atoms with Gasteiger partial charge in [-0.05, 0) is 12.8 Å². The van der Waals surface area contributed by atoms with Gasteiger partial charge in [0.1, 0.15) is 0 Å². The molecule has 1 aromatic rings. The van der Waals surface area contributed by atoms with Crippen LogP contribution in [0.2, 0.25) is 0 Å². The third kappa shape index (κ3) is 3.17.